The van der Waals surface area contributed by atoms with E-state index >= 15 is 0 Å². The third kappa shape index (κ3) is 2.65. The average molecular weight is 328 g/mol. The van der Waals surface area contributed by atoms with Crippen molar-refractivity contribution in [3.63, 3.8) is 0 Å². The Hall–Kier alpha value is -1.94. The fourth-order valence-corrected chi connectivity index (χ4v) is 2.76. The van der Waals surface area contributed by atoms with Gasteiger partial charge in [-0.15, -0.1) is 0 Å². The summed E-state index contributed by atoms with van der Waals surface area (Å²) in [5, 5.41) is 4.51. The van der Waals surface area contributed by atoms with Crippen LogP contribution in [0.3, 0.4) is 0 Å². The molecule has 20 heavy (non-hydrogen) atoms. The van der Waals surface area contributed by atoms with E-state index in [4.69, 9.17) is 0 Å². The smallest absolute Gasteiger partial charge is 0.140 e. The highest BCUT2D eigenvalue weighted by Crippen LogP contribution is 2.22. The first-order chi connectivity index (χ1) is 9.74. The number of nitrogens with zero attached hydrogens (tertiary/aromatic N) is 2. The van der Waals surface area contributed by atoms with E-state index in [1.54, 1.807) is 0 Å². The lowest BCUT2D eigenvalue weighted by molar-refractivity contribution is 1.10. The molecule has 0 saturated heterocycles. The van der Waals surface area contributed by atoms with Crippen molar-refractivity contribution in [2.75, 3.05) is 5.32 Å². The van der Waals surface area contributed by atoms with Crippen molar-refractivity contribution < 1.29 is 0 Å². The van der Waals surface area contributed by atoms with E-state index in [1.165, 1.54) is 0 Å². The minimum Gasteiger partial charge on any atom is -0.365 e. The van der Waals surface area contributed by atoms with Crippen molar-refractivity contribution in [2.24, 2.45) is 0 Å². The van der Waals surface area contributed by atoms with Gasteiger partial charge in [0.25, 0.3) is 0 Å². The Bertz CT molecular complexity index is 750. The highest BCUT2D eigenvalue weighted by Gasteiger charge is 2.04. The van der Waals surface area contributed by atoms with Crippen molar-refractivity contribution in [1.29, 1.82) is 0 Å². The summed E-state index contributed by atoms with van der Waals surface area (Å²) in [6, 6.07) is 12.3. The van der Waals surface area contributed by atoms with Crippen molar-refractivity contribution >= 4 is 32.7 Å². The van der Waals surface area contributed by atoms with Crippen molar-refractivity contribution in [3.8, 4) is 0 Å². The number of pyridine rings is 2. The molecular weight excluding hydrogens is 314 g/mol. The van der Waals surface area contributed by atoms with Crippen LogP contribution in [0.25, 0.3) is 10.9 Å². The molecule has 4 heteroatoms. The van der Waals surface area contributed by atoms with Gasteiger partial charge in [0.1, 0.15) is 5.82 Å². The predicted molar refractivity (Wildman–Crippen MR) is 85.7 cm³/mol. The minimum atomic E-state index is 0.697. The summed E-state index contributed by atoms with van der Waals surface area (Å²) in [5.41, 5.74) is 3.33. The first-order valence-corrected chi connectivity index (χ1v) is 7.22. The van der Waals surface area contributed by atoms with E-state index in [-0.39, 0.29) is 0 Å². The number of nitrogens with one attached hydrogen (secondary N) is 1. The molecule has 1 aromatic carbocycles. The molecule has 1 N–H and O–H groups in total. The molecule has 0 amide bonds. The molecule has 0 aliphatic heterocycles. The minimum absolute atomic E-state index is 0.697. The first kappa shape index (κ1) is 13.1. The molecule has 0 spiro atoms. The van der Waals surface area contributed by atoms with Crippen LogP contribution in [0.2, 0.25) is 0 Å². The van der Waals surface area contributed by atoms with Gasteiger partial charge in [-0.2, -0.15) is 0 Å². The lowest BCUT2D eigenvalue weighted by Crippen LogP contribution is -2.03. The van der Waals surface area contributed by atoms with Gasteiger partial charge in [-0.1, -0.05) is 24.3 Å². The fourth-order valence-electron chi connectivity index (χ4n) is 2.15. The fraction of sp³-hybridized carbons (Fsp3) is 0.125. The zero-order valence-corrected chi connectivity index (χ0v) is 12.7. The van der Waals surface area contributed by atoms with Crippen LogP contribution in [0.5, 0.6) is 0 Å². The molecule has 0 radical (unpaired) electrons. The van der Waals surface area contributed by atoms with Gasteiger partial charge in [0.15, 0.2) is 0 Å². The van der Waals surface area contributed by atoms with Gasteiger partial charge in [-0.25, -0.2) is 4.98 Å². The van der Waals surface area contributed by atoms with Crippen LogP contribution in [0.15, 0.2) is 53.3 Å². The molecular formula is C16H14BrN3. The van der Waals surface area contributed by atoms with Gasteiger partial charge < -0.3 is 5.32 Å². The Kier molecular flexibility index (Phi) is 3.65. The normalized spacial score (nSPS) is 10.7. The Morgan fingerprint density at radius 2 is 2.00 bits per heavy atom. The third-order valence-electron chi connectivity index (χ3n) is 3.14. The number of benzene rings is 1. The summed E-state index contributed by atoms with van der Waals surface area (Å²) < 4.78 is 0.977. The van der Waals surface area contributed by atoms with Crippen LogP contribution >= 0.6 is 15.9 Å². The summed E-state index contributed by atoms with van der Waals surface area (Å²) in [6.07, 6.45) is 3.68. The van der Waals surface area contributed by atoms with Crippen LogP contribution in [0.4, 0.5) is 5.82 Å². The number of hydrogen-bond donors (Lipinski definition) is 1. The number of anilines is 1. The van der Waals surface area contributed by atoms with Crippen LogP contribution in [0.1, 0.15) is 11.1 Å². The van der Waals surface area contributed by atoms with Gasteiger partial charge in [0, 0.05) is 24.3 Å². The second kappa shape index (κ2) is 5.59. The second-order valence-corrected chi connectivity index (χ2v) is 5.54. The third-order valence-corrected chi connectivity index (χ3v) is 3.74. The molecule has 0 saturated carbocycles. The molecule has 0 aliphatic carbocycles. The zero-order valence-electron chi connectivity index (χ0n) is 11.1. The number of aryl methyl sites for hydroxylation is 1. The van der Waals surface area contributed by atoms with E-state index in [0.29, 0.717) is 6.54 Å². The largest absolute Gasteiger partial charge is 0.365 e. The molecule has 0 bridgehead atoms. The first-order valence-electron chi connectivity index (χ1n) is 6.43. The summed E-state index contributed by atoms with van der Waals surface area (Å²) in [7, 11) is 0. The van der Waals surface area contributed by atoms with Gasteiger partial charge in [0.05, 0.1) is 9.99 Å². The number of rotatable bonds is 3. The number of fused-ring (bicyclic) bond motifs is 1. The van der Waals surface area contributed by atoms with Crippen molar-refractivity contribution in [1.82, 2.24) is 9.97 Å². The number of hydrogen-bond acceptors (Lipinski definition) is 3. The average Bonchev–Trinajstić information content (AvgIpc) is 2.46. The Balaban J connectivity index is 1.87. The SMILES string of the molecule is Cc1cnc(NCc2cccc3cccnc23)c(Br)c1. The molecule has 0 aliphatic rings. The molecule has 3 rings (SSSR count). The van der Waals surface area contributed by atoms with E-state index in [0.717, 1.165) is 32.3 Å². The van der Waals surface area contributed by atoms with E-state index < -0.39 is 0 Å². The lowest BCUT2D eigenvalue weighted by atomic mass is 10.1. The summed E-state index contributed by atoms with van der Waals surface area (Å²) >= 11 is 3.53. The monoisotopic (exact) mass is 327 g/mol. The molecule has 2 heterocycles. The topological polar surface area (TPSA) is 37.8 Å². The van der Waals surface area contributed by atoms with E-state index in [9.17, 15) is 0 Å². The number of para-hydroxylation sites is 1. The van der Waals surface area contributed by atoms with E-state index in [1.807, 2.05) is 25.4 Å². The molecule has 100 valence electrons. The highest BCUT2D eigenvalue weighted by atomic mass is 79.9. The standard InChI is InChI=1S/C16H14BrN3/c1-11-8-14(17)16(19-9-11)20-10-13-5-2-4-12-6-3-7-18-15(12)13/h2-9H,10H2,1H3,(H,19,20). The molecule has 2 aromatic heterocycles. The van der Waals surface area contributed by atoms with Gasteiger partial charge in [0.2, 0.25) is 0 Å². The van der Waals surface area contributed by atoms with Crippen molar-refractivity contribution in [3.05, 3.63) is 64.4 Å². The molecule has 0 atom stereocenters. The lowest BCUT2D eigenvalue weighted by Gasteiger charge is -2.09. The van der Waals surface area contributed by atoms with Crippen LogP contribution in [-0.4, -0.2) is 9.97 Å². The molecule has 0 fully saturated rings. The zero-order chi connectivity index (χ0) is 13.9. The maximum atomic E-state index is 4.46. The van der Waals surface area contributed by atoms with Gasteiger partial charge in [-0.3, -0.25) is 4.98 Å². The summed E-state index contributed by atoms with van der Waals surface area (Å²) in [4.78, 5) is 8.85. The predicted octanol–water partition coefficient (Wildman–Crippen LogP) is 4.31. The summed E-state index contributed by atoms with van der Waals surface area (Å²) in [5.74, 6) is 0.850. The maximum Gasteiger partial charge on any atom is 0.140 e. The van der Waals surface area contributed by atoms with Crippen LogP contribution in [-0.2, 0) is 6.54 Å². The second-order valence-electron chi connectivity index (χ2n) is 4.69. The molecule has 3 nitrogen and oxygen atoms in total. The van der Waals surface area contributed by atoms with E-state index in [2.05, 4.69) is 61.5 Å². The van der Waals surface area contributed by atoms with Gasteiger partial charge in [-0.05, 0) is 46.1 Å². The van der Waals surface area contributed by atoms with Crippen molar-refractivity contribution in [2.45, 2.75) is 13.5 Å². The Morgan fingerprint density at radius 1 is 1.15 bits per heavy atom. The molecule has 0 unspecified atom stereocenters. The molecule has 3 aromatic rings. The van der Waals surface area contributed by atoms with Gasteiger partial charge >= 0.3 is 0 Å². The Labute approximate surface area is 126 Å². The Morgan fingerprint density at radius 3 is 2.85 bits per heavy atom. The summed E-state index contributed by atoms with van der Waals surface area (Å²) in [6.45, 7) is 2.72. The number of halogens is 1. The maximum absolute atomic E-state index is 4.46. The quantitative estimate of drug-likeness (QED) is 0.778. The van der Waals surface area contributed by atoms with Crippen LogP contribution < -0.4 is 5.32 Å². The highest BCUT2D eigenvalue weighted by molar-refractivity contribution is 9.10. The van der Waals surface area contributed by atoms with Crippen LogP contribution in [0, 0.1) is 6.92 Å². The number of aromatic nitrogens is 2.